The van der Waals surface area contributed by atoms with Crippen LogP contribution in [0, 0.1) is 17.0 Å². The quantitative estimate of drug-likeness (QED) is 0.465. The molecule has 1 aromatic heterocycles. The number of carbonyl (C=O) groups excluding carboxylic acids is 1. The molecule has 0 aliphatic heterocycles. The van der Waals surface area contributed by atoms with Crippen molar-refractivity contribution in [1.29, 1.82) is 0 Å². The van der Waals surface area contributed by atoms with Crippen LogP contribution in [0.2, 0.25) is 0 Å². The fraction of sp³-hybridized carbons (Fsp3) is 0.250. The number of alkyl halides is 3. The molecule has 0 atom stereocenters. The molecule has 1 aromatic rings. The molecule has 0 N–H and O–H groups in total. The molecular formula is C8H5F3N2O4. The number of aromatic nitrogens is 1. The number of halogens is 3. The first kappa shape index (κ1) is 12.9. The van der Waals surface area contributed by atoms with E-state index in [1.165, 1.54) is 6.92 Å². The smallest absolute Gasteiger partial charge is 0.366 e. The first-order valence-corrected chi connectivity index (χ1v) is 4.11. The minimum atomic E-state index is -5.08. The number of aldehydes is 1. The summed E-state index contributed by atoms with van der Waals surface area (Å²) >= 11 is 0. The third kappa shape index (κ3) is 3.13. The Labute approximate surface area is 92.2 Å². The van der Waals surface area contributed by atoms with Crippen LogP contribution in [0.4, 0.5) is 19.0 Å². The minimum Gasteiger partial charge on any atom is -0.366 e. The molecule has 0 amide bonds. The van der Waals surface area contributed by atoms with Crippen molar-refractivity contribution in [1.82, 2.24) is 4.98 Å². The van der Waals surface area contributed by atoms with E-state index in [9.17, 15) is 28.1 Å². The standard InChI is InChI=1S/C8H5F3N2O4/c1-4-2-6(13(15)16)12-7(5(4)3-14)17-8(9,10)11/h2-3H,1H3. The second kappa shape index (κ2) is 4.36. The van der Waals surface area contributed by atoms with E-state index in [1.807, 2.05) is 0 Å². The van der Waals surface area contributed by atoms with Gasteiger partial charge in [0.1, 0.15) is 5.56 Å². The number of aryl methyl sites for hydroxylation is 1. The van der Waals surface area contributed by atoms with Gasteiger partial charge >= 0.3 is 18.1 Å². The maximum Gasteiger partial charge on any atom is 0.575 e. The lowest BCUT2D eigenvalue weighted by molar-refractivity contribution is -0.390. The van der Waals surface area contributed by atoms with E-state index >= 15 is 0 Å². The van der Waals surface area contributed by atoms with Gasteiger partial charge in [-0.15, -0.1) is 13.2 Å². The van der Waals surface area contributed by atoms with Crippen LogP contribution in [0.1, 0.15) is 15.9 Å². The fourth-order valence-electron chi connectivity index (χ4n) is 1.06. The largest absolute Gasteiger partial charge is 0.575 e. The Balaban J connectivity index is 3.34. The fourth-order valence-corrected chi connectivity index (χ4v) is 1.06. The van der Waals surface area contributed by atoms with E-state index in [0.29, 0.717) is 0 Å². The highest BCUT2D eigenvalue weighted by Crippen LogP contribution is 2.28. The molecule has 0 aliphatic carbocycles. The SMILES string of the molecule is Cc1cc([N+](=O)[O-])nc(OC(F)(F)F)c1C=O. The summed E-state index contributed by atoms with van der Waals surface area (Å²) in [6.07, 6.45) is -4.99. The number of rotatable bonds is 3. The summed E-state index contributed by atoms with van der Waals surface area (Å²) in [6.45, 7) is 1.24. The minimum absolute atomic E-state index is 0.0269. The van der Waals surface area contributed by atoms with Crippen LogP contribution < -0.4 is 4.74 Å². The second-order valence-electron chi connectivity index (χ2n) is 2.94. The Bertz CT molecular complexity index is 473. The lowest BCUT2D eigenvalue weighted by Gasteiger charge is -2.07. The molecule has 9 heteroatoms. The summed E-state index contributed by atoms with van der Waals surface area (Å²) in [6, 6.07) is 0.882. The molecule has 6 nitrogen and oxygen atoms in total. The van der Waals surface area contributed by atoms with Crippen molar-refractivity contribution < 1.29 is 27.6 Å². The summed E-state index contributed by atoms with van der Waals surface area (Å²) in [7, 11) is 0. The highest BCUT2D eigenvalue weighted by Gasteiger charge is 2.36. The summed E-state index contributed by atoms with van der Waals surface area (Å²) in [5.74, 6) is -1.95. The number of ether oxygens (including phenoxy) is 1. The van der Waals surface area contributed by atoms with Gasteiger partial charge in [0.05, 0.1) is 0 Å². The molecule has 0 fully saturated rings. The number of pyridine rings is 1. The van der Waals surface area contributed by atoms with Crippen molar-refractivity contribution in [2.24, 2.45) is 0 Å². The van der Waals surface area contributed by atoms with Gasteiger partial charge in [-0.2, -0.15) is 0 Å². The van der Waals surface area contributed by atoms with E-state index in [2.05, 4.69) is 9.72 Å². The number of nitro groups is 1. The van der Waals surface area contributed by atoms with E-state index in [1.54, 1.807) is 0 Å². The van der Waals surface area contributed by atoms with Crippen LogP contribution in [0.25, 0.3) is 0 Å². The van der Waals surface area contributed by atoms with Crippen LogP contribution in [0.15, 0.2) is 6.07 Å². The topological polar surface area (TPSA) is 82.3 Å². The Kier molecular flexibility index (Phi) is 3.30. The second-order valence-corrected chi connectivity index (χ2v) is 2.94. The lowest BCUT2D eigenvalue weighted by atomic mass is 10.1. The number of carbonyl (C=O) groups is 1. The van der Waals surface area contributed by atoms with Crippen molar-refractivity contribution in [2.75, 3.05) is 0 Å². The van der Waals surface area contributed by atoms with Crippen LogP contribution >= 0.6 is 0 Å². The van der Waals surface area contributed by atoms with Crippen molar-refractivity contribution in [3.63, 3.8) is 0 Å². The van der Waals surface area contributed by atoms with Gasteiger partial charge in [-0.25, -0.2) is 0 Å². The van der Waals surface area contributed by atoms with E-state index in [-0.39, 0.29) is 11.8 Å². The van der Waals surface area contributed by atoms with Gasteiger partial charge in [0.25, 0.3) is 0 Å². The van der Waals surface area contributed by atoms with Crippen LogP contribution in [0.3, 0.4) is 0 Å². The molecule has 1 heterocycles. The predicted octanol–water partition coefficient (Wildman–Crippen LogP) is 2.01. The van der Waals surface area contributed by atoms with Crippen molar-refractivity contribution in [3.8, 4) is 5.88 Å². The predicted molar refractivity (Wildman–Crippen MR) is 47.7 cm³/mol. The molecule has 0 radical (unpaired) electrons. The Morgan fingerprint density at radius 3 is 2.53 bits per heavy atom. The van der Waals surface area contributed by atoms with Gasteiger partial charge in [-0.05, 0) is 17.4 Å². The van der Waals surface area contributed by atoms with Gasteiger partial charge in [0, 0.05) is 11.1 Å². The Hall–Kier alpha value is -2.19. The Morgan fingerprint density at radius 1 is 1.53 bits per heavy atom. The number of nitrogens with zero attached hydrogens (tertiary/aromatic N) is 2. The van der Waals surface area contributed by atoms with E-state index in [4.69, 9.17) is 0 Å². The molecule has 17 heavy (non-hydrogen) atoms. The number of hydrogen-bond donors (Lipinski definition) is 0. The van der Waals surface area contributed by atoms with Crippen LogP contribution in [0.5, 0.6) is 5.88 Å². The molecule has 0 aliphatic rings. The average Bonchev–Trinajstić information content (AvgIpc) is 2.14. The maximum atomic E-state index is 12.0. The third-order valence-electron chi connectivity index (χ3n) is 1.73. The van der Waals surface area contributed by atoms with Gasteiger partial charge in [0.2, 0.25) is 0 Å². The van der Waals surface area contributed by atoms with Crippen molar-refractivity contribution >= 4 is 12.1 Å². The molecule has 0 spiro atoms. The molecule has 0 aromatic carbocycles. The third-order valence-corrected chi connectivity index (χ3v) is 1.73. The summed E-state index contributed by atoms with van der Waals surface area (Å²) in [5, 5.41) is 10.4. The molecular weight excluding hydrogens is 245 g/mol. The Morgan fingerprint density at radius 2 is 2.12 bits per heavy atom. The zero-order valence-corrected chi connectivity index (χ0v) is 8.32. The van der Waals surface area contributed by atoms with Crippen molar-refractivity contribution in [2.45, 2.75) is 13.3 Å². The zero-order chi connectivity index (χ0) is 13.2. The first-order chi connectivity index (χ1) is 7.74. The van der Waals surface area contributed by atoms with Crippen molar-refractivity contribution in [3.05, 3.63) is 27.3 Å². The van der Waals surface area contributed by atoms with Gasteiger partial charge in [-0.1, -0.05) is 0 Å². The zero-order valence-electron chi connectivity index (χ0n) is 8.32. The maximum absolute atomic E-state index is 12.0. The normalized spacial score (nSPS) is 11.1. The lowest BCUT2D eigenvalue weighted by Crippen LogP contribution is -2.19. The highest BCUT2D eigenvalue weighted by molar-refractivity contribution is 5.81. The average molecular weight is 250 g/mol. The number of hydrogen-bond acceptors (Lipinski definition) is 5. The molecule has 0 unspecified atom stereocenters. The molecule has 92 valence electrons. The van der Waals surface area contributed by atoms with Gasteiger partial charge < -0.3 is 14.9 Å². The first-order valence-electron chi connectivity index (χ1n) is 4.11. The molecule has 0 saturated carbocycles. The molecule has 0 saturated heterocycles. The van der Waals surface area contributed by atoms with E-state index in [0.717, 1.165) is 6.07 Å². The van der Waals surface area contributed by atoms with E-state index < -0.39 is 28.5 Å². The van der Waals surface area contributed by atoms with Crippen LogP contribution in [-0.4, -0.2) is 22.6 Å². The highest BCUT2D eigenvalue weighted by atomic mass is 19.4. The molecule has 0 bridgehead atoms. The molecule has 1 rings (SSSR count). The monoisotopic (exact) mass is 250 g/mol. The van der Waals surface area contributed by atoms with Crippen LogP contribution in [-0.2, 0) is 0 Å². The summed E-state index contributed by atoms with van der Waals surface area (Å²) in [5.41, 5.74) is -0.506. The summed E-state index contributed by atoms with van der Waals surface area (Å²) < 4.78 is 39.4. The van der Waals surface area contributed by atoms with Gasteiger partial charge in [0.15, 0.2) is 6.29 Å². The summed E-state index contributed by atoms with van der Waals surface area (Å²) in [4.78, 5) is 23.0. The van der Waals surface area contributed by atoms with Gasteiger partial charge in [-0.3, -0.25) is 4.79 Å².